The second-order valence-electron chi connectivity index (χ2n) is 9.04. The number of hydrogen-bond donors (Lipinski definition) is 1. The fourth-order valence-corrected chi connectivity index (χ4v) is 4.67. The van der Waals surface area contributed by atoms with Crippen molar-refractivity contribution >= 4 is 12.0 Å². The number of nitrogens with one attached hydrogen (secondary N) is 1. The van der Waals surface area contributed by atoms with Gasteiger partial charge in [-0.25, -0.2) is 18.3 Å². The van der Waals surface area contributed by atoms with Crippen LogP contribution in [-0.2, 0) is 18.4 Å². The Balaban J connectivity index is 1.12. The number of rotatable bonds is 5. The number of ether oxygens (including phenoxy) is 2. The second-order valence-corrected chi connectivity index (χ2v) is 9.04. The molecule has 0 radical (unpaired) electrons. The Hall–Kier alpha value is -3.60. The first-order chi connectivity index (χ1) is 16.9. The Bertz CT molecular complexity index is 1190. The van der Waals surface area contributed by atoms with Crippen molar-refractivity contribution in [3.63, 3.8) is 0 Å². The largest absolute Gasteiger partial charge is 0.489 e. The average Bonchev–Trinajstić information content (AvgIpc) is 3.47. The summed E-state index contributed by atoms with van der Waals surface area (Å²) in [4.78, 5) is 14.3. The molecule has 3 heterocycles. The number of halogens is 2. The third-order valence-corrected chi connectivity index (χ3v) is 6.75. The minimum absolute atomic E-state index is 0.156. The number of hydrogen-bond acceptors (Lipinski definition) is 6. The highest BCUT2D eigenvalue weighted by Crippen LogP contribution is 2.43. The fraction of sp³-hybridized carbons (Fsp3) is 0.417. The Labute approximate surface area is 201 Å². The maximum absolute atomic E-state index is 13.4. The van der Waals surface area contributed by atoms with E-state index in [0.29, 0.717) is 37.0 Å². The number of anilines is 1. The molecule has 5 rings (SSSR count). The van der Waals surface area contributed by atoms with Gasteiger partial charge in [0.2, 0.25) is 0 Å². The molecule has 1 spiro atoms. The van der Waals surface area contributed by atoms with E-state index >= 15 is 0 Å². The zero-order valence-electron chi connectivity index (χ0n) is 19.3. The lowest BCUT2D eigenvalue weighted by atomic mass is 9.83. The van der Waals surface area contributed by atoms with Crippen molar-refractivity contribution in [2.24, 2.45) is 7.05 Å². The van der Waals surface area contributed by atoms with E-state index in [0.717, 1.165) is 37.0 Å². The van der Waals surface area contributed by atoms with Gasteiger partial charge in [-0.1, -0.05) is 23.3 Å². The number of aromatic nitrogens is 4. The van der Waals surface area contributed by atoms with Gasteiger partial charge in [-0.3, -0.25) is 5.32 Å². The van der Waals surface area contributed by atoms with E-state index in [4.69, 9.17) is 9.47 Å². The Morgan fingerprint density at radius 1 is 1.17 bits per heavy atom. The molecule has 11 heteroatoms. The molecule has 0 saturated carbocycles. The van der Waals surface area contributed by atoms with Crippen LogP contribution in [-0.4, -0.2) is 56.4 Å². The van der Waals surface area contributed by atoms with Gasteiger partial charge in [-0.15, -0.1) is 0 Å². The number of aryl methyl sites for hydroxylation is 1. The maximum Gasteiger partial charge on any atom is 0.324 e. The molecular weight excluding hydrogens is 458 g/mol. The number of nitrogens with zero attached hydrogens (tertiary/aromatic N) is 5. The molecule has 2 amide bonds. The van der Waals surface area contributed by atoms with Gasteiger partial charge in [0, 0.05) is 26.1 Å². The Morgan fingerprint density at radius 3 is 2.63 bits per heavy atom. The normalized spacial score (nSPS) is 19.2. The van der Waals surface area contributed by atoms with Crippen molar-refractivity contribution in [3.05, 3.63) is 65.2 Å². The summed E-state index contributed by atoms with van der Waals surface area (Å²) in [7, 11) is 1.67. The van der Waals surface area contributed by atoms with Gasteiger partial charge in [0.05, 0.1) is 12.2 Å². The van der Waals surface area contributed by atoms with Gasteiger partial charge in [-0.05, 0) is 65.1 Å². The van der Waals surface area contributed by atoms with Gasteiger partial charge < -0.3 is 14.4 Å². The summed E-state index contributed by atoms with van der Waals surface area (Å²) in [5.74, 6) is -0.525. The van der Waals surface area contributed by atoms with E-state index in [9.17, 15) is 13.6 Å². The summed E-state index contributed by atoms with van der Waals surface area (Å²) in [6, 6.07) is 11.3. The SMILES string of the molecule is Cn1nnnc1NC(=O)N1CCC2(CC1)C[C@H](c1ccc(OCc3ccc(F)c(F)c3)cc1)CO2. The standard InChI is InChI=1S/C24H26F2N6O3/c1-31-22(28-29-30-31)27-23(33)32-10-8-24(9-11-32)13-18(15-35-24)17-3-5-19(6-4-17)34-14-16-2-7-20(25)21(26)12-16/h2-7,12,18H,8-11,13-15H2,1H3,(H,27,28,30,33)/t18-/m0/s1. The summed E-state index contributed by atoms with van der Waals surface area (Å²) in [5, 5.41) is 13.8. The van der Waals surface area contributed by atoms with Crippen LogP contribution in [0.25, 0.3) is 0 Å². The van der Waals surface area contributed by atoms with Gasteiger partial charge in [0.1, 0.15) is 12.4 Å². The number of benzene rings is 2. The monoisotopic (exact) mass is 484 g/mol. The lowest BCUT2D eigenvalue weighted by Gasteiger charge is -2.38. The van der Waals surface area contributed by atoms with E-state index < -0.39 is 11.6 Å². The molecule has 1 atom stereocenters. The van der Waals surface area contributed by atoms with E-state index in [2.05, 4.69) is 20.8 Å². The van der Waals surface area contributed by atoms with Crippen molar-refractivity contribution in [3.8, 4) is 5.75 Å². The summed E-state index contributed by atoms with van der Waals surface area (Å²) in [5.41, 5.74) is 1.50. The minimum atomic E-state index is -0.884. The second kappa shape index (κ2) is 9.57. The van der Waals surface area contributed by atoms with E-state index in [1.807, 2.05) is 24.3 Å². The van der Waals surface area contributed by atoms with Crippen LogP contribution in [0.1, 0.15) is 36.3 Å². The molecule has 1 N–H and O–H groups in total. The fourth-order valence-electron chi connectivity index (χ4n) is 4.67. The molecule has 2 aromatic carbocycles. The molecule has 2 saturated heterocycles. The average molecular weight is 485 g/mol. The van der Waals surface area contributed by atoms with Crippen molar-refractivity contribution < 1.29 is 23.0 Å². The van der Waals surface area contributed by atoms with Crippen molar-refractivity contribution in [1.29, 1.82) is 0 Å². The van der Waals surface area contributed by atoms with Crippen molar-refractivity contribution in [1.82, 2.24) is 25.1 Å². The van der Waals surface area contributed by atoms with Crippen LogP contribution in [0.4, 0.5) is 19.5 Å². The summed E-state index contributed by atoms with van der Waals surface area (Å²) in [6.45, 7) is 1.98. The predicted octanol–water partition coefficient (Wildman–Crippen LogP) is 3.64. The lowest BCUT2D eigenvalue weighted by molar-refractivity contribution is -0.0355. The topological polar surface area (TPSA) is 94.4 Å². The van der Waals surface area contributed by atoms with Crippen LogP contribution < -0.4 is 10.1 Å². The molecule has 184 valence electrons. The molecule has 9 nitrogen and oxygen atoms in total. The Kier molecular flexibility index (Phi) is 6.33. The molecule has 3 aromatic rings. The van der Waals surface area contributed by atoms with Crippen molar-refractivity contribution in [2.75, 3.05) is 25.0 Å². The smallest absolute Gasteiger partial charge is 0.324 e. The van der Waals surface area contributed by atoms with Crippen LogP contribution in [0, 0.1) is 11.6 Å². The highest BCUT2D eigenvalue weighted by atomic mass is 19.2. The van der Waals surface area contributed by atoms with E-state index in [1.165, 1.54) is 10.7 Å². The summed E-state index contributed by atoms with van der Waals surface area (Å²) >= 11 is 0. The maximum atomic E-state index is 13.4. The number of likely N-dealkylation sites (tertiary alicyclic amines) is 1. The number of carbonyl (C=O) groups excluding carboxylic acids is 1. The molecule has 2 fully saturated rings. The van der Waals surface area contributed by atoms with Crippen LogP contribution in [0.2, 0.25) is 0 Å². The van der Waals surface area contributed by atoms with Gasteiger partial charge in [0.25, 0.3) is 5.95 Å². The molecule has 35 heavy (non-hydrogen) atoms. The lowest BCUT2D eigenvalue weighted by Crippen LogP contribution is -2.48. The molecular formula is C24H26F2N6O3. The highest BCUT2D eigenvalue weighted by Gasteiger charge is 2.43. The zero-order valence-corrected chi connectivity index (χ0v) is 19.3. The first-order valence-corrected chi connectivity index (χ1v) is 11.5. The van der Waals surface area contributed by atoms with Crippen molar-refractivity contribution in [2.45, 2.75) is 37.4 Å². The zero-order chi connectivity index (χ0) is 24.4. The van der Waals surface area contributed by atoms with Crippen LogP contribution in [0.3, 0.4) is 0 Å². The summed E-state index contributed by atoms with van der Waals surface area (Å²) in [6.07, 6.45) is 2.43. The van der Waals surface area contributed by atoms with Crippen LogP contribution in [0.5, 0.6) is 5.75 Å². The van der Waals surface area contributed by atoms with Gasteiger partial charge in [0.15, 0.2) is 11.6 Å². The third kappa shape index (κ3) is 5.09. The first kappa shape index (κ1) is 23.2. The molecule has 0 aliphatic carbocycles. The summed E-state index contributed by atoms with van der Waals surface area (Å²) < 4.78 is 39.8. The molecule has 0 bridgehead atoms. The van der Waals surface area contributed by atoms with Crippen LogP contribution in [0.15, 0.2) is 42.5 Å². The number of urea groups is 1. The Morgan fingerprint density at radius 2 is 1.94 bits per heavy atom. The predicted molar refractivity (Wildman–Crippen MR) is 122 cm³/mol. The van der Waals surface area contributed by atoms with E-state index in [-0.39, 0.29) is 24.2 Å². The first-order valence-electron chi connectivity index (χ1n) is 11.5. The van der Waals surface area contributed by atoms with E-state index in [1.54, 1.807) is 11.9 Å². The van der Waals surface area contributed by atoms with Crippen LogP contribution >= 0.6 is 0 Å². The number of tetrazole rings is 1. The molecule has 2 aliphatic heterocycles. The van der Waals surface area contributed by atoms with Gasteiger partial charge >= 0.3 is 6.03 Å². The van der Waals surface area contributed by atoms with Gasteiger partial charge in [-0.2, -0.15) is 0 Å². The molecule has 1 aromatic heterocycles. The number of carbonyl (C=O) groups is 1. The third-order valence-electron chi connectivity index (χ3n) is 6.75. The minimum Gasteiger partial charge on any atom is -0.489 e. The highest BCUT2D eigenvalue weighted by molar-refractivity contribution is 5.87. The molecule has 0 unspecified atom stereocenters. The number of piperidine rings is 1. The molecule has 2 aliphatic rings. The number of amides is 2. The quantitative estimate of drug-likeness (QED) is 0.594.